The second-order valence-corrected chi connectivity index (χ2v) is 9.43. The summed E-state index contributed by atoms with van der Waals surface area (Å²) in [5.41, 5.74) is 2.96. The monoisotopic (exact) mass is 473 g/mol. The second-order valence-electron chi connectivity index (χ2n) is 9.43. The van der Waals surface area contributed by atoms with Crippen molar-refractivity contribution in [1.82, 2.24) is 4.98 Å². The van der Waals surface area contributed by atoms with Crippen molar-refractivity contribution in [3.05, 3.63) is 64.3 Å². The molecule has 2 aliphatic carbocycles. The predicted octanol–water partition coefficient (Wildman–Crippen LogP) is 5.90. The topological polar surface area (TPSA) is 82.5 Å². The number of aliphatic hydroxyl groups excluding tert-OH is 1. The largest absolute Gasteiger partial charge is 0.489 e. The van der Waals surface area contributed by atoms with Gasteiger partial charge in [-0.15, -0.1) is 0 Å². The van der Waals surface area contributed by atoms with Crippen molar-refractivity contribution >= 4 is 16.9 Å². The predicted molar refractivity (Wildman–Crippen MR) is 120 cm³/mol. The number of ether oxygens (including phenoxy) is 1. The molecular weight excluding hydrogens is 447 g/mol. The number of benzene rings is 2. The molecule has 1 saturated carbocycles. The lowest BCUT2D eigenvalue weighted by Crippen LogP contribution is -2.13. The summed E-state index contributed by atoms with van der Waals surface area (Å²) in [6.07, 6.45) is -1.95. The molecule has 0 radical (unpaired) electrons. The fraction of sp³-hybridized carbons (Fsp3) is 0.423. The zero-order valence-corrected chi connectivity index (χ0v) is 18.5. The molecule has 1 fully saturated rings. The summed E-state index contributed by atoms with van der Waals surface area (Å²) in [7, 11) is 0. The number of aromatic amines is 1. The van der Waals surface area contributed by atoms with Gasteiger partial charge in [-0.05, 0) is 79.0 Å². The normalized spacial score (nSPS) is 22.3. The summed E-state index contributed by atoms with van der Waals surface area (Å²) in [5, 5.41) is 19.9. The van der Waals surface area contributed by atoms with Crippen LogP contribution in [-0.2, 0) is 24.0 Å². The molecule has 5 nitrogen and oxygen atoms in total. The Bertz CT molecular complexity index is 1230. The van der Waals surface area contributed by atoms with E-state index < -0.39 is 23.8 Å². The summed E-state index contributed by atoms with van der Waals surface area (Å²) >= 11 is 0. The number of fused-ring (bicyclic) bond motifs is 3. The molecule has 0 saturated heterocycles. The Morgan fingerprint density at radius 3 is 2.65 bits per heavy atom. The van der Waals surface area contributed by atoms with E-state index in [-0.39, 0.29) is 30.4 Å². The van der Waals surface area contributed by atoms with Crippen molar-refractivity contribution in [2.45, 2.75) is 69.2 Å². The Morgan fingerprint density at radius 2 is 1.94 bits per heavy atom. The average Bonchev–Trinajstić information content (AvgIpc) is 3.47. The Balaban J connectivity index is 1.35. The van der Waals surface area contributed by atoms with Crippen LogP contribution in [0.3, 0.4) is 0 Å². The molecule has 0 spiro atoms. The zero-order chi connectivity index (χ0) is 24.0. The van der Waals surface area contributed by atoms with Crippen LogP contribution in [0.15, 0.2) is 36.4 Å². The molecule has 0 unspecified atom stereocenters. The lowest BCUT2D eigenvalue weighted by atomic mass is 9.91. The molecule has 180 valence electrons. The maximum absolute atomic E-state index is 13.8. The molecule has 0 amide bonds. The molecule has 1 heterocycles. The summed E-state index contributed by atoms with van der Waals surface area (Å²) < 4.78 is 47.2. The maximum atomic E-state index is 13.8. The first-order valence-electron chi connectivity index (χ1n) is 11.6. The Labute approximate surface area is 194 Å². The Hall–Kier alpha value is -3.00. The number of aromatic nitrogens is 1. The lowest BCUT2D eigenvalue weighted by Gasteiger charge is -2.19. The van der Waals surface area contributed by atoms with Crippen LogP contribution in [0.5, 0.6) is 5.75 Å². The van der Waals surface area contributed by atoms with Crippen LogP contribution in [-0.4, -0.2) is 27.3 Å². The van der Waals surface area contributed by atoms with E-state index in [1.165, 1.54) is 6.07 Å². The number of hydrogen-bond acceptors (Lipinski definition) is 3. The minimum atomic E-state index is -4.48. The van der Waals surface area contributed by atoms with E-state index in [0.717, 1.165) is 41.1 Å². The molecule has 1 aromatic heterocycles. The van der Waals surface area contributed by atoms with Crippen molar-refractivity contribution in [3.8, 4) is 5.75 Å². The number of hydrogen-bond donors (Lipinski definition) is 3. The summed E-state index contributed by atoms with van der Waals surface area (Å²) in [6.45, 7) is -0.00356. The van der Waals surface area contributed by atoms with Gasteiger partial charge in [-0.1, -0.05) is 12.1 Å². The fourth-order valence-electron chi connectivity index (χ4n) is 5.53. The second kappa shape index (κ2) is 8.65. The number of carboxylic acids is 1. The van der Waals surface area contributed by atoms with E-state index in [1.807, 2.05) is 12.1 Å². The molecule has 8 heteroatoms. The van der Waals surface area contributed by atoms with Gasteiger partial charge in [0.25, 0.3) is 0 Å². The average molecular weight is 473 g/mol. The highest BCUT2D eigenvalue weighted by atomic mass is 19.4. The highest BCUT2D eigenvalue weighted by Gasteiger charge is 2.37. The summed E-state index contributed by atoms with van der Waals surface area (Å²) in [6, 6.07) is 9.83. The highest BCUT2D eigenvalue weighted by molar-refractivity contribution is 5.87. The van der Waals surface area contributed by atoms with Crippen LogP contribution in [0.1, 0.15) is 71.9 Å². The fourth-order valence-corrected chi connectivity index (χ4v) is 5.53. The molecule has 3 N–H and O–H groups in total. The minimum Gasteiger partial charge on any atom is -0.489 e. The number of rotatable bonds is 6. The molecule has 2 aliphatic rings. The standard InChI is InChI=1S/C26H26F3NO4/c27-26(28,29)22-9-14(1-6-19(22)15-2-4-17(31)10-15)13-34-18-5-8-23-21(12-18)20-7-3-16(11-24(32)33)25(20)30-23/h1,5-6,8-9,12,15-17,30-31H,2-4,7,10-11,13H2,(H,32,33)/t15-,16+,17+/m1/s1. The first-order chi connectivity index (χ1) is 16.2. The Morgan fingerprint density at radius 1 is 1.12 bits per heavy atom. The molecule has 2 aromatic carbocycles. The van der Waals surface area contributed by atoms with Crippen LogP contribution in [0, 0.1) is 0 Å². The first-order valence-corrected chi connectivity index (χ1v) is 11.6. The number of aryl methyl sites for hydroxylation is 1. The number of H-pyrrole nitrogens is 1. The van der Waals surface area contributed by atoms with E-state index in [1.54, 1.807) is 12.1 Å². The maximum Gasteiger partial charge on any atom is 0.416 e. The quantitative estimate of drug-likeness (QED) is 0.416. The third kappa shape index (κ3) is 4.39. The third-order valence-corrected chi connectivity index (χ3v) is 7.16. The van der Waals surface area contributed by atoms with Crippen LogP contribution >= 0.6 is 0 Å². The van der Waals surface area contributed by atoms with Gasteiger partial charge in [0.05, 0.1) is 18.1 Å². The summed E-state index contributed by atoms with van der Waals surface area (Å²) in [5.74, 6) is -0.601. The first kappa shape index (κ1) is 22.8. The van der Waals surface area contributed by atoms with E-state index in [4.69, 9.17) is 9.84 Å². The van der Waals surface area contributed by atoms with Gasteiger partial charge in [-0.25, -0.2) is 0 Å². The van der Waals surface area contributed by atoms with Gasteiger partial charge in [0.2, 0.25) is 0 Å². The van der Waals surface area contributed by atoms with Gasteiger partial charge in [0, 0.05) is 22.5 Å². The molecule has 0 bridgehead atoms. The van der Waals surface area contributed by atoms with Crippen LogP contribution in [0.25, 0.3) is 10.9 Å². The van der Waals surface area contributed by atoms with Crippen molar-refractivity contribution in [2.75, 3.05) is 0 Å². The number of aliphatic carboxylic acids is 1. The van der Waals surface area contributed by atoms with E-state index in [2.05, 4.69) is 4.98 Å². The molecule has 0 aliphatic heterocycles. The van der Waals surface area contributed by atoms with Crippen molar-refractivity contribution < 1.29 is 32.9 Å². The number of carbonyl (C=O) groups is 1. The van der Waals surface area contributed by atoms with Gasteiger partial charge in [0.1, 0.15) is 12.4 Å². The lowest BCUT2D eigenvalue weighted by molar-refractivity contribution is -0.139. The zero-order valence-electron chi connectivity index (χ0n) is 18.5. The van der Waals surface area contributed by atoms with Gasteiger partial charge < -0.3 is 19.9 Å². The van der Waals surface area contributed by atoms with Gasteiger partial charge in [0.15, 0.2) is 0 Å². The highest BCUT2D eigenvalue weighted by Crippen LogP contribution is 2.43. The third-order valence-electron chi connectivity index (χ3n) is 7.16. The van der Waals surface area contributed by atoms with Gasteiger partial charge in [-0.3, -0.25) is 4.79 Å². The molecule has 34 heavy (non-hydrogen) atoms. The van der Waals surface area contributed by atoms with E-state index in [0.29, 0.717) is 30.6 Å². The molecule has 3 atom stereocenters. The molecule has 5 rings (SSSR count). The molecular formula is C26H26F3NO4. The van der Waals surface area contributed by atoms with Crippen molar-refractivity contribution in [2.24, 2.45) is 0 Å². The van der Waals surface area contributed by atoms with Gasteiger partial charge in [-0.2, -0.15) is 13.2 Å². The number of halogens is 3. The van der Waals surface area contributed by atoms with Crippen LogP contribution in [0.4, 0.5) is 13.2 Å². The smallest absolute Gasteiger partial charge is 0.416 e. The van der Waals surface area contributed by atoms with Crippen LogP contribution < -0.4 is 4.74 Å². The summed E-state index contributed by atoms with van der Waals surface area (Å²) in [4.78, 5) is 14.5. The van der Waals surface area contributed by atoms with Crippen molar-refractivity contribution in [3.63, 3.8) is 0 Å². The molecule has 3 aromatic rings. The van der Waals surface area contributed by atoms with Gasteiger partial charge >= 0.3 is 12.1 Å². The minimum absolute atomic E-state index is 0.00356. The number of nitrogens with one attached hydrogen (secondary N) is 1. The van der Waals surface area contributed by atoms with Crippen molar-refractivity contribution in [1.29, 1.82) is 0 Å². The number of alkyl halides is 3. The Kier molecular flexibility index (Phi) is 5.80. The van der Waals surface area contributed by atoms with Crippen LogP contribution in [0.2, 0.25) is 0 Å². The van der Waals surface area contributed by atoms with E-state index >= 15 is 0 Å². The number of aliphatic hydroxyl groups is 1. The van der Waals surface area contributed by atoms with E-state index in [9.17, 15) is 23.1 Å². The number of carboxylic acid groups (broad SMARTS) is 1. The SMILES string of the molecule is O=C(O)C[C@@H]1CCc2c1[nH]c1ccc(OCc3ccc([C@@H]4CC[C@H](O)C4)c(C(F)(F)F)c3)cc21.